The van der Waals surface area contributed by atoms with E-state index < -0.39 is 29.2 Å². The molecule has 2 aromatic carbocycles. The van der Waals surface area contributed by atoms with Gasteiger partial charge in [0.15, 0.2) is 11.3 Å². The smallest absolute Gasteiger partial charge is 0.393 e. The van der Waals surface area contributed by atoms with Crippen molar-refractivity contribution in [2.45, 2.75) is 5.79 Å². The summed E-state index contributed by atoms with van der Waals surface area (Å²) in [6, 6.07) is 14.8. The van der Waals surface area contributed by atoms with Crippen LogP contribution in [0.2, 0.25) is 0 Å². The predicted octanol–water partition coefficient (Wildman–Crippen LogP) is 1.75. The first-order chi connectivity index (χ1) is 15.5. The van der Waals surface area contributed by atoms with Gasteiger partial charge >= 0.3 is 23.6 Å². The van der Waals surface area contributed by atoms with Crippen molar-refractivity contribution < 1.29 is 38.2 Å². The highest BCUT2D eigenvalue weighted by Crippen LogP contribution is 2.44. The van der Waals surface area contributed by atoms with Crippen molar-refractivity contribution in [1.82, 2.24) is 0 Å². The van der Waals surface area contributed by atoms with Gasteiger partial charge in [-0.15, -0.1) is 0 Å². The Morgan fingerprint density at radius 2 is 1.59 bits per heavy atom. The predicted molar refractivity (Wildman–Crippen MR) is 109 cm³/mol. The molecule has 10 nitrogen and oxygen atoms in total. The van der Waals surface area contributed by atoms with E-state index in [1.165, 1.54) is 7.11 Å². The number of anilines is 1. The van der Waals surface area contributed by atoms with Crippen LogP contribution >= 0.6 is 0 Å². The van der Waals surface area contributed by atoms with Gasteiger partial charge in [0.1, 0.15) is 5.75 Å². The molecule has 0 N–H and O–H groups in total. The van der Waals surface area contributed by atoms with Crippen LogP contribution in [0.1, 0.15) is 5.56 Å². The van der Waals surface area contributed by atoms with Gasteiger partial charge in [-0.1, -0.05) is 18.2 Å². The lowest BCUT2D eigenvalue weighted by atomic mass is 10.1. The van der Waals surface area contributed by atoms with E-state index in [4.69, 9.17) is 23.8 Å². The highest BCUT2D eigenvalue weighted by molar-refractivity contribution is 6.23. The van der Waals surface area contributed by atoms with Crippen LogP contribution in [0.25, 0.3) is 0 Å². The molecule has 10 heteroatoms. The second-order valence-corrected chi connectivity index (χ2v) is 6.62. The molecule has 2 aliphatic rings. The van der Waals surface area contributed by atoms with Crippen molar-refractivity contribution in [2.24, 2.45) is 5.16 Å². The molecule has 0 saturated carbocycles. The summed E-state index contributed by atoms with van der Waals surface area (Å²) in [7, 11) is 3.75. The zero-order valence-corrected chi connectivity index (χ0v) is 17.4. The third-order valence-corrected chi connectivity index (χ3v) is 4.89. The van der Waals surface area contributed by atoms with Gasteiger partial charge < -0.3 is 23.8 Å². The van der Waals surface area contributed by atoms with Crippen LogP contribution in [0.3, 0.4) is 0 Å². The average Bonchev–Trinajstić information content (AvgIpc) is 3.39. The molecule has 1 amide bonds. The summed E-state index contributed by atoms with van der Waals surface area (Å²) in [6.07, 6.45) is 0. The topological polar surface area (TPSA) is 113 Å². The number of benzene rings is 2. The number of ether oxygens (including phenoxy) is 4. The number of amides is 1. The summed E-state index contributed by atoms with van der Waals surface area (Å²) in [6.45, 7) is 0. The van der Waals surface area contributed by atoms with Gasteiger partial charge in [0, 0.05) is 11.3 Å². The molecule has 0 saturated heterocycles. The Labute approximate surface area is 182 Å². The molecule has 0 radical (unpaired) electrons. The number of rotatable bonds is 5. The van der Waals surface area contributed by atoms with Crippen LogP contribution < -0.4 is 9.64 Å². The zero-order chi connectivity index (χ0) is 22.9. The molecule has 0 aromatic heterocycles. The third kappa shape index (κ3) is 3.13. The van der Waals surface area contributed by atoms with Crippen molar-refractivity contribution in [2.75, 3.05) is 26.2 Å². The van der Waals surface area contributed by atoms with Crippen LogP contribution in [0.5, 0.6) is 5.75 Å². The molecule has 2 heterocycles. The van der Waals surface area contributed by atoms with E-state index in [0.717, 1.165) is 19.1 Å². The van der Waals surface area contributed by atoms with E-state index in [0.29, 0.717) is 17.0 Å². The van der Waals surface area contributed by atoms with Crippen molar-refractivity contribution in [3.8, 4) is 5.75 Å². The van der Waals surface area contributed by atoms with E-state index in [2.05, 4.69) is 5.16 Å². The summed E-state index contributed by atoms with van der Waals surface area (Å²) in [5.41, 5.74) is -0.117. The number of nitrogens with zero attached hydrogens (tertiary/aromatic N) is 2. The maximum atomic E-state index is 13.6. The van der Waals surface area contributed by atoms with Gasteiger partial charge in [-0.25, -0.2) is 9.59 Å². The minimum atomic E-state index is -2.36. The monoisotopic (exact) mass is 438 g/mol. The Balaban J connectivity index is 1.83. The van der Waals surface area contributed by atoms with Crippen LogP contribution in [0.15, 0.2) is 71.0 Å². The van der Waals surface area contributed by atoms with Gasteiger partial charge in [0.2, 0.25) is 0 Å². The van der Waals surface area contributed by atoms with E-state index in [-0.39, 0.29) is 11.6 Å². The maximum absolute atomic E-state index is 13.6. The Morgan fingerprint density at radius 1 is 0.938 bits per heavy atom. The lowest BCUT2D eigenvalue weighted by Gasteiger charge is -2.22. The Bertz CT molecular complexity index is 1140. The highest BCUT2D eigenvalue weighted by Gasteiger charge is 2.66. The van der Waals surface area contributed by atoms with Crippen LogP contribution in [0.4, 0.5) is 5.69 Å². The first-order valence-electron chi connectivity index (χ1n) is 9.37. The van der Waals surface area contributed by atoms with E-state index >= 15 is 0 Å². The molecule has 164 valence electrons. The molecular formula is C22H18N2O8. The van der Waals surface area contributed by atoms with Crippen LogP contribution in [-0.4, -0.2) is 50.9 Å². The number of carbonyl (C=O) groups excluding carboxylic acids is 3. The number of hydrogen-bond acceptors (Lipinski definition) is 9. The molecular weight excluding hydrogens is 420 g/mol. The number of para-hydroxylation sites is 1. The van der Waals surface area contributed by atoms with Crippen molar-refractivity contribution in [1.29, 1.82) is 0 Å². The lowest BCUT2D eigenvalue weighted by molar-refractivity contribution is -0.170. The number of oxime groups is 1. The first kappa shape index (κ1) is 20.9. The summed E-state index contributed by atoms with van der Waals surface area (Å²) in [5, 5.41) is 3.87. The lowest BCUT2D eigenvalue weighted by Crippen LogP contribution is -2.47. The third-order valence-electron chi connectivity index (χ3n) is 4.89. The van der Waals surface area contributed by atoms with Gasteiger partial charge in [-0.3, -0.25) is 9.69 Å². The van der Waals surface area contributed by atoms with Crippen molar-refractivity contribution in [3.63, 3.8) is 0 Å². The van der Waals surface area contributed by atoms with Gasteiger partial charge in [0.05, 0.1) is 21.3 Å². The summed E-state index contributed by atoms with van der Waals surface area (Å²) >= 11 is 0. The SMILES string of the molecule is COC(=O)C1=C(C(=O)OC)C2(ON=C(c3ccc(OC)cc3)O2)C(=O)N1c1ccccc1. The fourth-order valence-electron chi connectivity index (χ4n) is 3.37. The molecule has 2 aromatic rings. The second-order valence-electron chi connectivity index (χ2n) is 6.62. The number of esters is 2. The van der Waals surface area contributed by atoms with Crippen molar-refractivity contribution in [3.05, 3.63) is 71.4 Å². The van der Waals surface area contributed by atoms with Gasteiger partial charge in [0.25, 0.3) is 5.90 Å². The summed E-state index contributed by atoms with van der Waals surface area (Å²) in [5.74, 6) is -4.66. The molecule has 4 rings (SSSR count). The second kappa shape index (κ2) is 8.06. The Kier molecular flexibility index (Phi) is 5.27. The maximum Gasteiger partial charge on any atom is 0.393 e. The van der Waals surface area contributed by atoms with E-state index in [1.54, 1.807) is 54.6 Å². The minimum Gasteiger partial charge on any atom is -0.497 e. The quantitative estimate of drug-likeness (QED) is 0.649. The minimum absolute atomic E-state index is 0.0680. The number of methoxy groups -OCH3 is 3. The summed E-state index contributed by atoms with van der Waals surface area (Å²) in [4.78, 5) is 45.5. The molecule has 1 atom stereocenters. The molecule has 1 spiro atoms. The van der Waals surface area contributed by atoms with Crippen molar-refractivity contribution >= 4 is 29.4 Å². The van der Waals surface area contributed by atoms with Crippen LogP contribution in [-0.2, 0) is 33.4 Å². The molecule has 0 fully saturated rings. The fourth-order valence-corrected chi connectivity index (χ4v) is 3.37. The molecule has 1 unspecified atom stereocenters. The Morgan fingerprint density at radius 3 is 2.19 bits per heavy atom. The van der Waals surface area contributed by atoms with E-state index in [9.17, 15) is 14.4 Å². The zero-order valence-electron chi connectivity index (χ0n) is 17.4. The molecule has 0 aliphatic carbocycles. The normalized spacial score (nSPS) is 19.4. The highest BCUT2D eigenvalue weighted by atomic mass is 16.8. The fraction of sp³-hybridized carbons (Fsp3) is 0.182. The van der Waals surface area contributed by atoms with E-state index in [1.807, 2.05) is 0 Å². The molecule has 0 bridgehead atoms. The first-order valence-corrected chi connectivity index (χ1v) is 9.37. The van der Waals surface area contributed by atoms with Gasteiger partial charge in [-0.2, -0.15) is 0 Å². The Hall–Kier alpha value is -4.34. The largest absolute Gasteiger partial charge is 0.497 e. The standard InChI is InChI=1S/C22H18N2O8/c1-28-15-11-9-13(10-12-15)18-23-32-22(31-18)16(19(25)29-2)17(20(26)30-3)24(21(22)27)14-7-5-4-6-8-14/h4-12H,1-3H3. The molecule has 32 heavy (non-hydrogen) atoms. The van der Waals surface area contributed by atoms with Gasteiger partial charge in [-0.05, 0) is 41.6 Å². The summed E-state index contributed by atoms with van der Waals surface area (Å²) < 4.78 is 20.6. The number of carbonyl (C=O) groups is 3. The number of hydrogen-bond donors (Lipinski definition) is 0. The average molecular weight is 438 g/mol. The molecule has 2 aliphatic heterocycles. The van der Waals surface area contributed by atoms with Crippen LogP contribution in [0, 0.1) is 0 Å².